The van der Waals surface area contributed by atoms with Gasteiger partial charge in [-0.1, -0.05) is 6.08 Å². The molecule has 0 N–H and O–H groups in total. The Labute approximate surface area is 157 Å². The summed E-state index contributed by atoms with van der Waals surface area (Å²) in [6.07, 6.45) is 6.02. The minimum absolute atomic E-state index is 0.0272. The number of rotatable bonds is 6. The normalized spacial score (nSPS) is 21.2. The number of ether oxygens (including phenoxy) is 4. The van der Waals surface area contributed by atoms with Crippen molar-refractivity contribution in [3.05, 3.63) is 52.2 Å². The van der Waals surface area contributed by atoms with Gasteiger partial charge in [0.2, 0.25) is 5.75 Å². The second-order valence-electron chi connectivity index (χ2n) is 5.95. The second-order valence-corrected chi connectivity index (χ2v) is 7.35. The Bertz CT molecular complexity index is 796. The molecule has 0 bridgehead atoms. The molecule has 5 nitrogen and oxygen atoms in total. The van der Waals surface area contributed by atoms with Gasteiger partial charge in [0.15, 0.2) is 17.3 Å². The van der Waals surface area contributed by atoms with E-state index in [0.29, 0.717) is 22.8 Å². The van der Waals surface area contributed by atoms with Crippen LogP contribution in [-0.2, 0) is 4.74 Å². The van der Waals surface area contributed by atoms with Crippen LogP contribution >= 0.6 is 11.8 Å². The number of hydrogen-bond donors (Lipinski definition) is 0. The molecule has 138 valence electrons. The Morgan fingerprint density at radius 1 is 1.00 bits per heavy atom. The van der Waals surface area contributed by atoms with Gasteiger partial charge in [-0.2, -0.15) is 0 Å². The highest BCUT2D eigenvalue weighted by atomic mass is 32.2. The lowest BCUT2D eigenvalue weighted by Crippen LogP contribution is -2.19. The summed E-state index contributed by atoms with van der Waals surface area (Å²) in [7, 11) is 6.27. The van der Waals surface area contributed by atoms with Crippen molar-refractivity contribution in [1.82, 2.24) is 0 Å². The first kappa shape index (κ1) is 18.5. The first-order valence-electron chi connectivity index (χ1n) is 8.20. The van der Waals surface area contributed by atoms with Gasteiger partial charge >= 0.3 is 0 Å². The summed E-state index contributed by atoms with van der Waals surface area (Å²) >= 11 is 1.69. The second kappa shape index (κ2) is 7.50. The van der Waals surface area contributed by atoms with Gasteiger partial charge in [-0.25, -0.2) is 0 Å². The molecule has 0 fully saturated rings. The smallest absolute Gasteiger partial charge is 0.203 e. The van der Waals surface area contributed by atoms with Crippen molar-refractivity contribution in [2.45, 2.75) is 12.2 Å². The predicted octanol–water partition coefficient (Wildman–Crippen LogP) is 4.00. The number of carbonyl (C=O) groups is 1. The van der Waals surface area contributed by atoms with Gasteiger partial charge in [0.25, 0.3) is 0 Å². The van der Waals surface area contributed by atoms with Crippen LogP contribution in [0.2, 0.25) is 0 Å². The summed E-state index contributed by atoms with van der Waals surface area (Å²) in [4.78, 5) is 14.3. The van der Waals surface area contributed by atoms with E-state index in [9.17, 15) is 4.79 Å². The summed E-state index contributed by atoms with van der Waals surface area (Å²) in [5.74, 6) is 2.24. The van der Waals surface area contributed by atoms with Crippen molar-refractivity contribution in [3.63, 3.8) is 0 Å². The van der Waals surface area contributed by atoms with E-state index in [1.54, 1.807) is 52.3 Å². The topological polar surface area (TPSA) is 54.0 Å². The Morgan fingerprint density at radius 2 is 1.65 bits per heavy atom. The van der Waals surface area contributed by atoms with Crippen molar-refractivity contribution in [3.8, 4) is 17.2 Å². The Morgan fingerprint density at radius 3 is 2.19 bits per heavy atom. The first-order chi connectivity index (χ1) is 12.5. The van der Waals surface area contributed by atoms with E-state index in [4.69, 9.17) is 18.9 Å². The molecular formula is C20H22O5S. The average Bonchev–Trinajstić information content (AvgIpc) is 3.00. The van der Waals surface area contributed by atoms with Gasteiger partial charge in [-0.3, -0.25) is 4.79 Å². The highest BCUT2D eigenvalue weighted by molar-refractivity contribution is 8.04. The third kappa shape index (κ3) is 3.09. The largest absolute Gasteiger partial charge is 0.497 e. The number of allylic oxidation sites excluding steroid dienone is 4. The number of benzene rings is 1. The van der Waals surface area contributed by atoms with Crippen molar-refractivity contribution < 1.29 is 23.7 Å². The van der Waals surface area contributed by atoms with E-state index in [-0.39, 0.29) is 17.0 Å². The number of Topliss-reactive ketones (excluding diaryl/α,β-unsaturated/α-hetero) is 1. The molecule has 1 aliphatic heterocycles. The molecule has 0 amide bonds. The van der Waals surface area contributed by atoms with Crippen LogP contribution in [0.1, 0.15) is 17.3 Å². The van der Waals surface area contributed by atoms with E-state index < -0.39 is 0 Å². The van der Waals surface area contributed by atoms with E-state index in [0.717, 1.165) is 16.2 Å². The number of hydrogen-bond acceptors (Lipinski definition) is 6. The molecule has 1 aromatic carbocycles. The minimum Gasteiger partial charge on any atom is -0.497 e. The van der Waals surface area contributed by atoms with Crippen LogP contribution in [0.4, 0.5) is 0 Å². The zero-order valence-corrected chi connectivity index (χ0v) is 16.3. The molecule has 1 aliphatic carbocycles. The van der Waals surface area contributed by atoms with E-state index in [1.807, 2.05) is 19.1 Å². The van der Waals surface area contributed by atoms with Gasteiger partial charge in [0.05, 0.1) is 28.4 Å². The van der Waals surface area contributed by atoms with Gasteiger partial charge < -0.3 is 18.9 Å². The van der Waals surface area contributed by atoms with Crippen molar-refractivity contribution >= 4 is 17.5 Å². The Hall–Kier alpha value is -2.34. The van der Waals surface area contributed by atoms with Crippen LogP contribution in [0, 0.1) is 5.92 Å². The molecule has 0 spiro atoms. The standard InChI is InChI=1S/C20H22O5S/c1-11-18(14-7-6-13(22-2)10-17(14)26-11)19(21)12-8-15(23-3)20(25-5)16(9-12)24-4/h6-10,14,17H,1-5H3. The van der Waals surface area contributed by atoms with Gasteiger partial charge in [0.1, 0.15) is 5.76 Å². The van der Waals surface area contributed by atoms with Crippen LogP contribution < -0.4 is 14.2 Å². The lowest BCUT2D eigenvalue weighted by molar-refractivity contribution is 0.102. The van der Waals surface area contributed by atoms with Crippen molar-refractivity contribution in [1.29, 1.82) is 0 Å². The molecule has 0 saturated carbocycles. The maximum atomic E-state index is 13.3. The zero-order chi connectivity index (χ0) is 18.8. The van der Waals surface area contributed by atoms with E-state index in [1.165, 1.54) is 0 Å². The number of fused-ring (bicyclic) bond motifs is 1. The SMILES string of the molecule is COC1=CC2SC(C)=C(C(=O)c3cc(OC)c(OC)c(OC)c3)C2C=C1. The fourth-order valence-electron chi connectivity index (χ4n) is 3.31. The average molecular weight is 374 g/mol. The molecule has 6 heteroatoms. The highest BCUT2D eigenvalue weighted by Crippen LogP contribution is 2.47. The number of methoxy groups -OCH3 is 4. The molecule has 2 atom stereocenters. The lowest BCUT2D eigenvalue weighted by Gasteiger charge is -2.20. The molecule has 3 rings (SSSR count). The number of thioether (sulfide) groups is 1. The fourth-order valence-corrected chi connectivity index (χ4v) is 4.65. The molecule has 0 saturated heterocycles. The Kier molecular flexibility index (Phi) is 5.32. The number of ketones is 1. The molecule has 26 heavy (non-hydrogen) atoms. The van der Waals surface area contributed by atoms with Gasteiger partial charge in [0, 0.05) is 22.3 Å². The van der Waals surface area contributed by atoms with Gasteiger partial charge in [-0.05, 0) is 36.1 Å². The predicted molar refractivity (Wildman–Crippen MR) is 102 cm³/mol. The molecular weight excluding hydrogens is 352 g/mol. The maximum absolute atomic E-state index is 13.3. The summed E-state index contributed by atoms with van der Waals surface area (Å²) in [6.45, 7) is 1.99. The molecule has 1 aromatic rings. The third-order valence-electron chi connectivity index (χ3n) is 4.58. The van der Waals surface area contributed by atoms with Crippen molar-refractivity contribution in [2.75, 3.05) is 28.4 Å². The molecule has 1 heterocycles. The third-order valence-corrected chi connectivity index (χ3v) is 5.86. The summed E-state index contributed by atoms with van der Waals surface area (Å²) in [5.41, 5.74) is 1.32. The zero-order valence-electron chi connectivity index (χ0n) is 15.5. The fraction of sp³-hybridized carbons (Fsp3) is 0.350. The first-order valence-corrected chi connectivity index (χ1v) is 9.08. The molecule has 0 aromatic heterocycles. The molecule has 2 aliphatic rings. The van der Waals surface area contributed by atoms with Crippen molar-refractivity contribution in [2.24, 2.45) is 5.92 Å². The molecule has 2 unspecified atom stereocenters. The summed E-state index contributed by atoms with van der Waals surface area (Å²) in [6, 6.07) is 3.40. The lowest BCUT2D eigenvalue weighted by atomic mass is 9.86. The number of carbonyl (C=O) groups excluding carboxylic acids is 1. The Balaban J connectivity index is 1.99. The summed E-state index contributed by atoms with van der Waals surface area (Å²) < 4.78 is 21.4. The maximum Gasteiger partial charge on any atom is 0.203 e. The van der Waals surface area contributed by atoms with Crippen LogP contribution in [-0.4, -0.2) is 39.5 Å². The summed E-state index contributed by atoms with van der Waals surface area (Å²) in [5, 5.41) is 0.177. The van der Waals surface area contributed by atoms with E-state index >= 15 is 0 Å². The van der Waals surface area contributed by atoms with Crippen LogP contribution in [0.3, 0.4) is 0 Å². The van der Waals surface area contributed by atoms with Crippen LogP contribution in [0.5, 0.6) is 17.2 Å². The monoisotopic (exact) mass is 374 g/mol. The highest BCUT2D eigenvalue weighted by Gasteiger charge is 2.37. The minimum atomic E-state index is -0.0272. The van der Waals surface area contributed by atoms with E-state index in [2.05, 4.69) is 6.08 Å². The van der Waals surface area contributed by atoms with Crippen LogP contribution in [0.15, 0.2) is 46.6 Å². The van der Waals surface area contributed by atoms with Crippen LogP contribution in [0.25, 0.3) is 0 Å². The molecule has 0 radical (unpaired) electrons. The quantitative estimate of drug-likeness (QED) is 0.702. The van der Waals surface area contributed by atoms with Gasteiger partial charge in [-0.15, -0.1) is 11.8 Å².